The van der Waals surface area contributed by atoms with Crippen LogP contribution in [0.15, 0.2) is 73.1 Å². The summed E-state index contributed by atoms with van der Waals surface area (Å²) in [6, 6.07) is 18.5. The molecule has 1 unspecified atom stereocenters. The lowest BCUT2D eigenvalue weighted by Gasteiger charge is -2.25. The average molecular weight is 673 g/mol. The lowest BCUT2D eigenvalue weighted by Crippen LogP contribution is -2.48. The summed E-state index contributed by atoms with van der Waals surface area (Å²) in [6.45, 7) is 4.77. The number of aromatic nitrogens is 3. The summed E-state index contributed by atoms with van der Waals surface area (Å²) in [5.41, 5.74) is 7.15. The molecule has 1 amide bonds. The highest BCUT2D eigenvalue weighted by atomic mass is 32.2. The Labute approximate surface area is 279 Å². The minimum Gasteiger partial charge on any atom is -0.483 e. The third-order valence-corrected chi connectivity index (χ3v) is 10.2. The molecule has 2 atom stereocenters. The van der Waals surface area contributed by atoms with Crippen molar-refractivity contribution in [1.29, 1.82) is 0 Å². The SMILES string of the molecule is CCc1cn2c3c(cc(C(=O)N[C@@H](Cc4ccccc4)C(O)CNCc4cnc5cc(C)ccc5n4)cc13)N(C)S(=O)(=O)CC2.O=CO. The summed E-state index contributed by atoms with van der Waals surface area (Å²) in [5, 5.41) is 25.4. The van der Waals surface area contributed by atoms with E-state index in [1.165, 1.54) is 11.4 Å². The summed E-state index contributed by atoms with van der Waals surface area (Å²) >= 11 is 0. The molecular formula is C35H40N6O6S. The molecule has 48 heavy (non-hydrogen) atoms. The zero-order chi connectivity index (χ0) is 34.4. The predicted molar refractivity (Wildman–Crippen MR) is 186 cm³/mol. The number of nitrogens with one attached hydrogen (secondary N) is 2. The van der Waals surface area contributed by atoms with Gasteiger partial charge < -0.3 is 25.4 Å². The number of carbonyl (C=O) groups excluding carboxylic acids is 1. The molecule has 2 aromatic heterocycles. The molecule has 0 spiro atoms. The van der Waals surface area contributed by atoms with Crippen molar-refractivity contribution >= 4 is 50.0 Å². The lowest BCUT2D eigenvalue weighted by molar-refractivity contribution is -0.122. The van der Waals surface area contributed by atoms with E-state index >= 15 is 0 Å². The van der Waals surface area contributed by atoms with Gasteiger partial charge in [-0.2, -0.15) is 0 Å². The molecule has 0 saturated carbocycles. The number of rotatable bonds is 10. The van der Waals surface area contributed by atoms with Gasteiger partial charge in [0, 0.05) is 43.8 Å². The topological polar surface area (TPSA) is 167 Å². The fourth-order valence-corrected chi connectivity index (χ4v) is 7.10. The zero-order valence-electron chi connectivity index (χ0n) is 27.1. The molecule has 0 aliphatic carbocycles. The van der Waals surface area contributed by atoms with Gasteiger partial charge in [-0.25, -0.2) is 13.4 Å². The Morgan fingerprint density at radius 1 is 1.10 bits per heavy atom. The van der Waals surface area contributed by atoms with Crippen molar-refractivity contribution in [3.8, 4) is 0 Å². The highest BCUT2D eigenvalue weighted by Gasteiger charge is 2.29. The molecule has 13 heteroatoms. The molecule has 252 valence electrons. The second kappa shape index (κ2) is 14.9. The number of nitrogens with zero attached hydrogens (tertiary/aromatic N) is 4. The van der Waals surface area contributed by atoms with E-state index in [1.807, 2.05) is 79.2 Å². The van der Waals surface area contributed by atoms with Crippen LogP contribution in [-0.2, 0) is 40.7 Å². The first-order valence-corrected chi connectivity index (χ1v) is 17.3. The molecule has 0 saturated heterocycles. The fourth-order valence-electron chi connectivity index (χ4n) is 5.96. The van der Waals surface area contributed by atoms with Crippen LogP contribution in [0.25, 0.3) is 21.9 Å². The molecule has 6 rings (SSSR count). The average Bonchev–Trinajstić information content (AvgIpc) is 3.40. The van der Waals surface area contributed by atoms with E-state index < -0.39 is 22.2 Å². The Kier molecular flexibility index (Phi) is 10.7. The monoisotopic (exact) mass is 672 g/mol. The number of aliphatic hydroxyl groups is 1. The first-order valence-electron chi connectivity index (χ1n) is 15.7. The van der Waals surface area contributed by atoms with Gasteiger partial charge in [-0.05, 0) is 60.7 Å². The molecule has 5 aromatic rings. The molecular weight excluding hydrogens is 632 g/mol. The Bertz CT molecular complexity index is 2030. The third kappa shape index (κ3) is 7.64. The second-order valence-corrected chi connectivity index (χ2v) is 13.9. The minimum absolute atomic E-state index is 0.0184. The van der Waals surface area contributed by atoms with Crippen LogP contribution >= 0.6 is 0 Å². The maximum Gasteiger partial charge on any atom is 0.290 e. The standard InChI is InChI=1S/C34H38N6O4S.CH2O2/c1-4-24-21-40-12-13-45(43,44)39(3)31-17-25(16-27(24)33(31)40)34(42)38-30(15-23-8-6-5-7-9-23)32(41)20-35-18-26-19-36-29-14-22(2)10-11-28(29)37-26;2-1-3/h5-11,14,16-17,19,21,30,32,35,41H,4,12-13,15,18,20H2,1-3H3,(H,38,42);1H,(H,2,3)/t30-,32?;/m0./s1. The van der Waals surface area contributed by atoms with Gasteiger partial charge in [0.1, 0.15) is 0 Å². The van der Waals surface area contributed by atoms with E-state index in [-0.39, 0.29) is 24.7 Å². The molecule has 4 N–H and O–H groups in total. The van der Waals surface area contributed by atoms with Crippen molar-refractivity contribution in [2.75, 3.05) is 23.7 Å². The number of fused-ring (bicyclic) bond motifs is 1. The quantitative estimate of drug-likeness (QED) is 0.163. The summed E-state index contributed by atoms with van der Waals surface area (Å²) in [5.74, 6) is -0.399. The molecule has 0 radical (unpaired) electrons. The summed E-state index contributed by atoms with van der Waals surface area (Å²) in [6.07, 6.45) is 3.94. The van der Waals surface area contributed by atoms with Gasteiger partial charge in [0.15, 0.2) is 0 Å². The van der Waals surface area contributed by atoms with Crippen LogP contribution in [0.2, 0.25) is 0 Å². The Morgan fingerprint density at radius 2 is 1.85 bits per heavy atom. The largest absolute Gasteiger partial charge is 0.483 e. The first kappa shape index (κ1) is 34.5. The molecule has 3 aromatic carbocycles. The number of aliphatic hydroxyl groups excluding tert-OH is 1. The summed E-state index contributed by atoms with van der Waals surface area (Å²) in [7, 11) is -2.01. The van der Waals surface area contributed by atoms with Crippen molar-refractivity contribution in [2.24, 2.45) is 0 Å². The number of carbonyl (C=O) groups is 2. The van der Waals surface area contributed by atoms with E-state index in [1.54, 1.807) is 12.3 Å². The van der Waals surface area contributed by atoms with Gasteiger partial charge in [0.25, 0.3) is 12.4 Å². The number of hydrogen-bond acceptors (Lipinski definition) is 8. The summed E-state index contributed by atoms with van der Waals surface area (Å²) in [4.78, 5) is 31.4. The van der Waals surface area contributed by atoms with Crippen molar-refractivity contribution in [3.63, 3.8) is 0 Å². The lowest BCUT2D eigenvalue weighted by atomic mass is 10.00. The normalized spacial score (nSPS) is 14.9. The Morgan fingerprint density at radius 3 is 2.58 bits per heavy atom. The van der Waals surface area contributed by atoms with Crippen LogP contribution in [-0.4, -0.2) is 77.0 Å². The molecule has 0 bridgehead atoms. The maximum absolute atomic E-state index is 13.8. The fraction of sp³-hybridized carbons (Fsp3) is 0.314. The predicted octanol–water partition coefficient (Wildman–Crippen LogP) is 3.43. The summed E-state index contributed by atoms with van der Waals surface area (Å²) < 4.78 is 29.2. The Balaban J connectivity index is 0.00000145. The molecule has 12 nitrogen and oxygen atoms in total. The van der Waals surface area contributed by atoms with Gasteiger partial charge in [0.05, 0.1) is 52.0 Å². The minimum atomic E-state index is -3.55. The van der Waals surface area contributed by atoms with E-state index in [9.17, 15) is 18.3 Å². The van der Waals surface area contributed by atoms with E-state index in [0.29, 0.717) is 30.8 Å². The third-order valence-electron chi connectivity index (χ3n) is 8.51. The van der Waals surface area contributed by atoms with Gasteiger partial charge >= 0.3 is 0 Å². The van der Waals surface area contributed by atoms with Crippen LogP contribution in [0.4, 0.5) is 5.69 Å². The number of sulfonamides is 1. The molecule has 3 heterocycles. The van der Waals surface area contributed by atoms with Crippen LogP contribution in [0.1, 0.15) is 39.7 Å². The van der Waals surface area contributed by atoms with Crippen LogP contribution in [0, 0.1) is 6.92 Å². The van der Waals surface area contributed by atoms with E-state index in [0.717, 1.165) is 50.7 Å². The number of carboxylic acid groups (broad SMARTS) is 1. The highest BCUT2D eigenvalue weighted by Crippen LogP contribution is 2.35. The van der Waals surface area contributed by atoms with E-state index in [4.69, 9.17) is 9.90 Å². The Hall–Kier alpha value is -4.85. The van der Waals surface area contributed by atoms with Gasteiger partial charge in [-0.3, -0.25) is 18.9 Å². The zero-order valence-corrected chi connectivity index (χ0v) is 27.9. The van der Waals surface area contributed by atoms with E-state index in [2.05, 4.69) is 20.6 Å². The van der Waals surface area contributed by atoms with Crippen LogP contribution in [0.5, 0.6) is 0 Å². The second-order valence-electron chi connectivity index (χ2n) is 11.8. The number of amides is 1. The smallest absolute Gasteiger partial charge is 0.290 e. The number of aryl methyl sites for hydroxylation is 3. The van der Waals surface area contributed by atoms with Crippen molar-refractivity contribution in [1.82, 2.24) is 25.2 Å². The van der Waals surface area contributed by atoms with Crippen molar-refractivity contribution < 1.29 is 28.2 Å². The van der Waals surface area contributed by atoms with Gasteiger partial charge in [-0.15, -0.1) is 0 Å². The first-order chi connectivity index (χ1) is 23.0. The molecule has 0 fully saturated rings. The maximum atomic E-state index is 13.8. The van der Waals surface area contributed by atoms with Crippen molar-refractivity contribution in [2.45, 2.75) is 51.9 Å². The highest BCUT2D eigenvalue weighted by molar-refractivity contribution is 7.92. The number of anilines is 1. The number of benzene rings is 3. The van der Waals surface area contributed by atoms with Gasteiger partial charge in [0.2, 0.25) is 10.0 Å². The molecule has 1 aliphatic heterocycles. The van der Waals surface area contributed by atoms with Crippen LogP contribution in [0.3, 0.4) is 0 Å². The number of hydrogen-bond donors (Lipinski definition) is 4. The van der Waals surface area contributed by atoms with Crippen molar-refractivity contribution in [3.05, 3.63) is 101 Å². The molecule has 1 aliphatic rings. The van der Waals surface area contributed by atoms with Gasteiger partial charge in [-0.1, -0.05) is 43.3 Å². The van der Waals surface area contributed by atoms with Crippen LogP contribution < -0.4 is 14.9 Å².